The number of nitrogens with zero attached hydrogens (tertiary/aromatic N) is 1. The fourth-order valence-corrected chi connectivity index (χ4v) is 3.92. The number of halogens is 3. The monoisotopic (exact) mass is 308 g/mol. The van der Waals surface area contributed by atoms with Gasteiger partial charge in [-0.15, -0.1) is 0 Å². The van der Waals surface area contributed by atoms with Crippen LogP contribution in [0.5, 0.6) is 0 Å². The van der Waals surface area contributed by atoms with Crippen LogP contribution in [0.25, 0.3) is 0 Å². The number of nitrogens with one attached hydrogen (secondary N) is 1. The summed E-state index contributed by atoms with van der Waals surface area (Å²) in [4.78, 5) is -1.09. The standard InChI is InChI=1S/C12H15F3N2O2S/c1-16-9-3-2-4-17(7-9)20(18,19)12-10(14)5-8(13)6-11(12)15/h5-6,9,16H,2-4,7H2,1H3. The topological polar surface area (TPSA) is 49.4 Å². The van der Waals surface area contributed by atoms with Crippen molar-refractivity contribution >= 4 is 10.0 Å². The Kier molecular flexibility index (Phi) is 4.36. The maximum atomic E-state index is 13.6. The SMILES string of the molecule is CNC1CCCN(S(=O)(=O)c2c(F)cc(F)cc2F)C1. The van der Waals surface area contributed by atoms with Crippen LogP contribution in [0.2, 0.25) is 0 Å². The van der Waals surface area contributed by atoms with Crippen LogP contribution < -0.4 is 5.32 Å². The molecule has 1 saturated heterocycles. The molecule has 4 nitrogen and oxygen atoms in total. The van der Waals surface area contributed by atoms with E-state index in [1.165, 1.54) is 0 Å². The van der Waals surface area contributed by atoms with Gasteiger partial charge in [-0.2, -0.15) is 4.31 Å². The highest BCUT2D eigenvalue weighted by atomic mass is 32.2. The van der Waals surface area contributed by atoms with E-state index in [1.54, 1.807) is 7.05 Å². The molecule has 1 unspecified atom stereocenters. The smallest absolute Gasteiger partial charge is 0.248 e. The van der Waals surface area contributed by atoms with E-state index in [-0.39, 0.29) is 19.1 Å². The third-order valence-corrected chi connectivity index (χ3v) is 5.27. The van der Waals surface area contributed by atoms with Crippen molar-refractivity contribution in [3.63, 3.8) is 0 Å². The van der Waals surface area contributed by atoms with Crippen molar-refractivity contribution < 1.29 is 21.6 Å². The molecule has 2 rings (SSSR count). The molecule has 0 aromatic heterocycles. The Labute approximate surface area is 115 Å². The van der Waals surface area contributed by atoms with Crippen LogP contribution in [0.1, 0.15) is 12.8 Å². The first kappa shape index (κ1) is 15.3. The third-order valence-electron chi connectivity index (χ3n) is 3.35. The zero-order chi connectivity index (χ0) is 14.9. The van der Waals surface area contributed by atoms with E-state index in [2.05, 4.69) is 5.32 Å². The van der Waals surface area contributed by atoms with Gasteiger partial charge in [0, 0.05) is 31.3 Å². The van der Waals surface area contributed by atoms with Gasteiger partial charge >= 0.3 is 0 Å². The predicted octanol–water partition coefficient (Wildman–Crippen LogP) is 1.48. The maximum Gasteiger partial charge on any atom is 0.248 e. The van der Waals surface area contributed by atoms with Crippen LogP contribution >= 0.6 is 0 Å². The van der Waals surface area contributed by atoms with Crippen molar-refractivity contribution in [3.05, 3.63) is 29.6 Å². The molecular weight excluding hydrogens is 293 g/mol. The van der Waals surface area contributed by atoms with E-state index >= 15 is 0 Å². The zero-order valence-corrected chi connectivity index (χ0v) is 11.7. The molecule has 1 N–H and O–H groups in total. The summed E-state index contributed by atoms with van der Waals surface area (Å²) >= 11 is 0. The number of hydrogen-bond acceptors (Lipinski definition) is 3. The molecule has 0 radical (unpaired) electrons. The van der Waals surface area contributed by atoms with Crippen LogP contribution in [0.15, 0.2) is 17.0 Å². The molecule has 0 saturated carbocycles. The average Bonchev–Trinajstić information content (AvgIpc) is 2.37. The Hall–Kier alpha value is -1.12. The first-order chi connectivity index (χ1) is 9.36. The highest BCUT2D eigenvalue weighted by molar-refractivity contribution is 7.89. The molecule has 1 fully saturated rings. The minimum absolute atomic E-state index is 0.0647. The van der Waals surface area contributed by atoms with Gasteiger partial charge in [-0.05, 0) is 19.9 Å². The van der Waals surface area contributed by atoms with Gasteiger partial charge in [0.15, 0.2) is 4.90 Å². The molecule has 1 aromatic carbocycles. The van der Waals surface area contributed by atoms with Crippen molar-refractivity contribution in [2.24, 2.45) is 0 Å². The molecule has 0 amide bonds. The normalized spacial score (nSPS) is 21.1. The number of likely N-dealkylation sites (N-methyl/N-ethyl adjacent to an activating group) is 1. The Morgan fingerprint density at radius 2 is 1.85 bits per heavy atom. The second-order valence-electron chi connectivity index (χ2n) is 4.69. The highest BCUT2D eigenvalue weighted by Gasteiger charge is 2.34. The van der Waals surface area contributed by atoms with Crippen LogP contribution in [0.4, 0.5) is 13.2 Å². The molecule has 20 heavy (non-hydrogen) atoms. The van der Waals surface area contributed by atoms with E-state index < -0.39 is 32.4 Å². The number of hydrogen-bond donors (Lipinski definition) is 1. The van der Waals surface area contributed by atoms with Crippen molar-refractivity contribution in [1.82, 2.24) is 9.62 Å². The van der Waals surface area contributed by atoms with Gasteiger partial charge < -0.3 is 5.32 Å². The molecule has 1 aliphatic heterocycles. The summed E-state index contributed by atoms with van der Waals surface area (Å²) in [5.41, 5.74) is 0. The second-order valence-corrected chi connectivity index (χ2v) is 6.56. The molecule has 0 bridgehead atoms. The minimum Gasteiger partial charge on any atom is -0.316 e. The lowest BCUT2D eigenvalue weighted by molar-refractivity contribution is 0.290. The molecule has 0 aliphatic carbocycles. The van der Waals surface area contributed by atoms with Gasteiger partial charge in [0.25, 0.3) is 0 Å². The number of rotatable bonds is 3. The summed E-state index contributed by atoms with van der Waals surface area (Å²) < 4.78 is 65.8. The Bertz CT molecular complexity index is 584. The van der Waals surface area contributed by atoms with Gasteiger partial charge in [-0.1, -0.05) is 0 Å². The molecule has 1 atom stereocenters. The lowest BCUT2D eigenvalue weighted by Crippen LogP contribution is -2.47. The van der Waals surface area contributed by atoms with Gasteiger partial charge in [0.1, 0.15) is 17.5 Å². The largest absolute Gasteiger partial charge is 0.316 e. The van der Waals surface area contributed by atoms with E-state index in [0.717, 1.165) is 10.7 Å². The van der Waals surface area contributed by atoms with Crippen molar-refractivity contribution in [2.45, 2.75) is 23.8 Å². The fourth-order valence-electron chi connectivity index (χ4n) is 2.30. The minimum atomic E-state index is -4.31. The van der Waals surface area contributed by atoms with Gasteiger partial charge in [0.05, 0.1) is 0 Å². The molecule has 112 valence electrons. The predicted molar refractivity (Wildman–Crippen MR) is 67.2 cm³/mol. The van der Waals surface area contributed by atoms with Crippen molar-refractivity contribution in [2.75, 3.05) is 20.1 Å². The van der Waals surface area contributed by atoms with Crippen LogP contribution in [-0.4, -0.2) is 38.9 Å². The molecule has 8 heteroatoms. The van der Waals surface area contributed by atoms with E-state index in [4.69, 9.17) is 0 Å². The summed E-state index contributed by atoms with van der Waals surface area (Å²) in [5.74, 6) is -3.96. The van der Waals surface area contributed by atoms with Crippen molar-refractivity contribution in [3.8, 4) is 0 Å². The lowest BCUT2D eigenvalue weighted by Gasteiger charge is -2.31. The summed E-state index contributed by atoms with van der Waals surface area (Å²) in [7, 11) is -2.61. The first-order valence-electron chi connectivity index (χ1n) is 6.18. The average molecular weight is 308 g/mol. The van der Waals surface area contributed by atoms with E-state index in [1.807, 2.05) is 0 Å². The number of sulfonamides is 1. The quantitative estimate of drug-likeness (QED) is 0.920. The van der Waals surface area contributed by atoms with Crippen LogP contribution in [0, 0.1) is 17.5 Å². The van der Waals surface area contributed by atoms with E-state index in [0.29, 0.717) is 18.6 Å². The molecule has 0 spiro atoms. The zero-order valence-electron chi connectivity index (χ0n) is 10.9. The fraction of sp³-hybridized carbons (Fsp3) is 0.500. The molecular formula is C12H15F3N2O2S. The first-order valence-corrected chi connectivity index (χ1v) is 7.62. The van der Waals surface area contributed by atoms with Gasteiger partial charge in [-0.3, -0.25) is 0 Å². The van der Waals surface area contributed by atoms with Crippen LogP contribution in [0.3, 0.4) is 0 Å². The molecule has 1 aliphatic rings. The van der Waals surface area contributed by atoms with Crippen LogP contribution in [-0.2, 0) is 10.0 Å². The second kappa shape index (κ2) is 5.71. The summed E-state index contributed by atoms with van der Waals surface area (Å²) in [6.45, 7) is 0.325. The Balaban J connectivity index is 2.40. The maximum absolute atomic E-state index is 13.6. The van der Waals surface area contributed by atoms with E-state index in [9.17, 15) is 21.6 Å². The summed E-state index contributed by atoms with van der Waals surface area (Å²) in [5, 5.41) is 2.94. The van der Waals surface area contributed by atoms with Gasteiger partial charge in [0.2, 0.25) is 10.0 Å². The number of benzene rings is 1. The molecule has 1 heterocycles. The third kappa shape index (κ3) is 2.82. The Morgan fingerprint density at radius 1 is 1.25 bits per heavy atom. The van der Waals surface area contributed by atoms with Crippen molar-refractivity contribution in [1.29, 1.82) is 0 Å². The highest BCUT2D eigenvalue weighted by Crippen LogP contribution is 2.26. The summed E-state index contributed by atoms with van der Waals surface area (Å²) in [6, 6.07) is 0.676. The molecule has 1 aromatic rings. The number of piperidine rings is 1. The Morgan fingerprint density at radius 3 is 2.40 bits per heavy atom. The van der Waals surface area contributed by atoms with Gasteiger partial charge in [-0.25, -0.2) is 21.6 Å². The summed E-state index contributed by atoms with van der Waals surface area (Å²) in [6.07, 6.45) is 1.38. The lowest BCUT2D eigenvalue weighted by atomic mass is 10.1.